The number of hydrogen-bond donors (Lipinski definition) is 1. The maximum absolute atomic E-state index is 13.4. The minimum absolute atomic E-state index is 0.00715. The van der Waals surface area contributed by atoms with Gasteiger partial charge in [-0.25, -0.2) is 0 Å². The van der Waals surface area contributed by atoms with Gasteiger partial charge in [0.2, 0.25) is 5.91 Å². The van der Waals surface area contributed by atoms with Gasteiger partial charge in [-0.05, 0) is 69.2 Å². The molecule has 3 aromatic rings. The van der Waals surface area contributed by atoms with Gasteiger partial charge in [0, 0.05) is 29.3 Å². The fourth-order valence-corrected chi connectivity index (χ4v) is 3.88. The molecular formula is C26H31N3O3. The Morgan fingerprint density at radius 3 is 2.34 bits per heavy atom. The van der Waals surface area contributed by atoms with Gasteiger partial charge in [0.05, 0.1) is 12.7 Å². The number of rotatable bonds is 8. The Morgan fingerprint density at radius 2 is 1.72 bits per heavy atom. The van der Waals surface area contributed by atoms with Gasteiger partial charge in [-0.2, -0.15) is 0 Å². The molecule has 6 heteroatoms. The van der Waals surface area contributed by atoms with Gasteiger partial charge in [0.25, 0.3) is 5.91 Å². The van der Waals surface area contributed by atoms with Gasteiger partial charge >= 0.3 is 0 Å². The number of carbonyl (C=O) groups excluding carboxylic acids is 2. The molecule has 32 heavy (non-hydrogen) atoms. The van der Waals surface area contributed by atoms with E-state index in [1.54, 1.807) is 12.0 Å². The van der Waals surface area contributed by atoms with E-state index < -0.39 is 0 Å². The van der Waals surface area contributed by atoms with Crippen molar-refractivity contribution in [2.75, 3.05) is 25.5 Å². The highest BCUT2D eigenvalue weighted by Gasteiger charge is 2.23. The van der Waals surface area contributed by atoms with Crippen molar-refractivity contribution in [3.05, 3.63) is 77.1 Å². The first kappa shape index (κ1) is 23.1. The average Bonchev–Trinajstić information content (AvgIpc) is 3.08. The molecule has 0 aliphatic rings. The SMILES string of the molecule is CCCN(CC(=O)Nc1ccccc1C)C(=O)c1cc(C)n(-c2ccc(OC)cc2)c1C. The zero-order valence-corrected chi connectivity index (χ0v) is 19.4. The quantitative estimate of drug-likeness (QED) is 0.549. The normalized spacial score (nSPS) is 10.7. The molecule has 1 heterocycles. The molecule has 2 amide bonds. The van der Waals surface area contributed by atoms with Crippen LogP contribution in [-0.4, -0.2) is 41.5 Å². The number of anilines is 1. The predicted octanol–water partition coefficient (Wildman–Crippen LogP) is 4.90. The van der Waals surface area contributed by atoms with Crippen molar-refractivity contribution in [3.8, 4) is 11.4 Å². The molecule has 6 nitrogen and oxygen atoms in total. The lowest BCUT2D eigenvalue weighted by atomic mass is 10.2. The summed E-state index contributed by atoms with van der Waals surface area (Å²) in [6.07, 6.45) is 0.764. The summed E-state index contributed by atoms with van der Waals surface area (Å²) in [6, 6.07) is 17.2. The third-order valence-electron chi connectivity index (χ3n) is 5.53. The van der Waals surface area contributed by atoms with Crippen LogP contribution in [0.4, 0.5) is 5.69 Å². The minimum atomic E-state index is -0.204. The highest BCUT2D eigenvalue weighted by atomic mass is 16.5. The molecule has 0 unspecified atom stereocenters. The van der Waals surface area contributed by atoms with Crippen LogP contribution in [0.2, 0.25) is 0 Å². The molecule has 0 fully saturated rings. The van der Waals surface area contributed by atoms with Gasteiger partial charge in [0.15, 0.2) is 0 Å². The Balaban J connectivity index is 1.83. The fourth-order valence-electron chi connectivity index (χ4n) is 3.88. The summed E-state index contributed by atoms with van der Waals surface area (Å²) in [7, 11) is 1.63. The topological polar surface area (TPSA) is 63.6 Å². The first-order valence-electron chi connectivity index (χ1n) is 10.8. The number of methoxy groups -OCH3 is 1. The highest BCUT2D eigenvalue weighted by Crippen LogP contribution is 2.24. The predicted molar refractivity (Wildman–Crippen MR) is 128 cm³/mol. The summed E-state index contributed by atoms with van der Waals surface area (Å²) < 4.78 is 7.29. The summed E-state index contributed by atoms with van der Waals surface area (Å²) in [4.78, 5) is 27.7. The van der Waals surface area contributed by atoms with Crippen molar-refractivity contribution in [2.24, 2.45) is 0 Å². The molecule has 0 saturated heterocycles. The molecule has 0 bridgehead atoms. The molecule has 3 rings (SSSR count). The van der Waals surface area contributed by atoms with Gasteiger partial charge in [-0.3, -0.25) is 9.59 Å². The lowest BCUT2D eigenvalue weighted by Gasteiger charge is -2.22. The number of aromatic nitrogens is 1. The number of hydrogen-bond acceptors (Lipinski definition) is 3. The zero-order valence-electron chi connectivity index (χ0n) is 19.4. The van der Waals surface area contributed by atoms with Crippen molar-refractivity contribution >= 4 is 17.5 Å². The number of nitrogens with zero attached hydrogens (tertiary/aromatic N) is 2. The van der Waals surface area contributed by atoms with E-state index in [1.807, 2.05) is 86.9 Å². The van der Waals surface area contributed by atoms with E-state index in [0.717, 1.165) is 40.5 Å². The van der Waals surface area contributed by atoms with Crippen molar-refractivity contribution in [1.82, 2.24) is 9.47 Å². The summed E-state index contributed by atoms with van der Waals surface area (Å²) in [6.45, 7) is 8.36. The number of amides is 2. The van der Waals surface area contributed by atoms with Gasteiger partial charge in [0.1, 0.15) is 12.3 Å². The minimum Gasteiger partial charge on any atom is -0.497 e. The first-order chi connectivity index (χ1) is 15.3. The van der Waals surface area contributed by atoms with E-state index in [2.05, 4.69) is 5.32 Å². The van der Waals surface area contributed by atoms with Gasteiger partial charge in [-0.1, -0.05) is 25.1 Å². The second-order valence-electron chi connectivity index (χ2n) is 7.91. The fraction of sp³-hybridized carbons (Fsp3) is 0.308. The van der Waals surface area contributed by atoms with Crippen molar-refractivity contribution in [2.45, 2.75) is 34.1 Å². The molecule has 0 saturated carbocycles. The number of para-hydroxylation sites is 1. The smallest absolute Gasteiger partial charge is 0.256 e. The van der Waals surface area contributed by atoms with E-state index in [1.165, 1.54) is 0 Å². The molecule has 0 radical (unpaired) electrons. The van der Waals surface area contributed by atoms with Crippen LogP contribution in [0.15, 0.2) is 54.6 Å². The van der Waals surface area contributed by atoms with Crippen LogP contribution in [0.1, 0.15) is 40.7 Å². The molecular weight excluding hydrogens is 402 g/mol. The van der Waals surface area contributed by atoms with Crippen LogP contribution in [0.5, 0.6) is 5.75 Å². The molecule has 0 aliphatic heterocycles. The van der Waals surface area contributed by atoms with E-state index in [-0.39, 0.29) is 18.4 Å². The van der Waals surface area contributed by atoms with E-state index in [9.17, 15) is 9.59 Å². The number of nitrogens with one attached hydrogen (secondary N) is 1. The Labute approximate surface area is 189 Å². The van der Waals surface area contributed by atoms with E-state index in [0.29, 0.717) is 12.1 Å². The van der Waals surface area contributed by atoms with Crippen LogP contribution < -0.4 is 10.1 Å². The second-order valence-corrected chi connectivity index (χ2v) is 7.91. The number of carbonyl (C=O) groups is 2. The van der Waals surface area contributed by atoms with Crippen molar-refractivity contribution in [3.63, 3.8) is 0 Å². The third kappa shape index (κ3) is 5.02. The number of ether oxygens (including phenoxy) is 1. The molecule has 1 aromatic heterocycles. The van der Waals surface area contributed by atoms with E-state index >= 15 is 0 Å². The highest BCUT2D eigenvalue weighted by molar-refractivity contribution is 6.00. The molecule has 0 spiro atoms. The van der Waals surface area contributed by atoms with E-state index in [4.69, 9.17) is 4.74 Å². The molecule has 2 aromatic carbocycles. The van der Waals surface area contributed by atoms with Crippen LogP contribution in [0, 0.1) is 20.8 Å². The Morgan fingerprint density at radius 1 is 1.03 bits per heavy atom. The monoisotopic (exact) mass is 433 g/mol. The zero-order chi connectivity index (χ0) is 23.3. The Kier molecular flexibility index (Phi) is 7.36. The summed E-state index contributed by atoms with van der Waals surface area (Å²) in [5.41, 5.74) is 5.11. The van der Waals surface area contributed by atoms with Gasteiger partial charge in [-0.15, -0.1) is 0 Å². The summed E-state index contributed by atoms with van der Waals surface area (Å²) in [5.74, 6) is 0.436. The molecule has 1 N–H and O–H groups in total. The van der Waals surface area contributed by atoms with Crippen molar-refractivity contribution < 1.29 is 14.3 Å². The van der Waals surface area contributed by atoms with Crippen LogP contribution in [0.3, 0.4) is 0 Å². The first-order valence-corrected chi connectivity index (χ1v) is 10.8. The van der Waals surface area contributed by atoms with Crippen LogP contribution >= 0.6 is 0 Å². The average molecular weight is 434 g/mol. The summed E-state index contributed by atoms with van der Waals surface area (Å²) in [5, 5.41) is 2.92. The lowest BCUT2D eigenvalue weighted by Crippen LogP contribution is -2.38. The largest absolute Gasteiger partial charge is 0.497 e. The van der Waals surface area contributed by atoms with Crippen LogP contribution in [-0.2, 0) is 4.79 Å². The molecule has 168 valence electrons. The Hall–Kier alpha value is -3.54. The molecule has 0 aliphatic carbocycles. The molecule has 0 atom stereocenters. The maximum Gasteiger partial charge on any atom is 0.256 e. The lowest BCUT2D eigenvalue weighted by molar-refractivity contribution is -0.116. The standard InChI is InChI=1S/C26H31N3O3/c1-6-15-28(17-25(30)27-24-10-8-7-9-18(24)2)26(31)23-16-19(3)29(20(23)4)21-11-13-22(32-5)14-12-21/h7-14,16H,6,15,17H2,1-5H3,(H,27,30). The number of benzene rings is 2. The van der Waals surface area contributed by atoms with Gasteiger partial charge < -0.3 is 19.5 Å². The summed E-state index contributed by atoms with van der Waals surface area (Å²) >= 11 is 0. The van der Waals surface area contributed by atoms with Crippen LogP contribution in [0.25, 0.3) is 5.69 Å². The Bertz CT molecular complexity index is 1100. The third-order valence-corrected chi connectivity index (χ3v) is 5.53. The number of aryl methyl sites for hydroxylation is 2. The second kappa shape index (κ2) is 10.2. The van der Waals surface area contributed by atoms with Crippen molar-refractivity contribution in [1.29, 1.82) is 0 Å². The maximum atomic E-state index is 13.4.